The van der Waals surface area contributed by atoms with E-state index >= 15 is 0 Å². The van der Waals surface area contributed by atoms with Gasteiger partial charge in [-0.2, -0.15) is 10.2 Å². The van der Waals surface area contributed by atoms with Gasteiger partial charge in [-0.15, -0.1) is 11.3 Å². The first-order valence-corrected chi connectivity index (χ1v) is 10.7. The zero-order chi connectivity index (χ0) is 21.8. The fourth-order valence-electron chi connectivity index (χ4n) is 2.93. The molecule has 4 rings (SSSR count). The molecule has 5 nitrogen and oxygen atoms in total. The van der Waals surface area contributed by atoms with Gasteiger partial charge >= 0.3 is 0 Å². The highest BCUT2D eigenvalue weighted by atomic mass is 35.5. The number of carbonyl (C=O) groups excluding carboxylic acids is 1. The van der Waals surface area contributed by atoms with Gasteiger partial charge in [0.25, 0.3) is 5.91 Å². The molecule has 0 aliphatic rings. The molecule has 156 valence electrons. The lowest BCUT2D eigenvalue weighted by Crippen LogP contribution is -2.16. The lowest BCUT2D eigenvalue weighted by molar-refractivity contribution is 0.0959. The van der Waals surface area contributed by atoms with Gasteiger partial charge < -0.3 is 0 Å². The molecule has 0 saturated heterocycles. The first-order chi connectivity index (χ1) is 15.0. The summed E-state index contributed by atoms with van der Waals surface area (Å²) >= 11 is 13.2. The summed E-state index contributed by atoms with van der Waals surface area (Å²) in [6.07, 6.45) is 3.23. The normalized spacial score (nSPS) is 11.2. The van der Waals surface area contributed by atoms with E-state index in [-0.39, 0.29) is 12.5 Å². The number of aromatic nitrogens is 2. The molecular formula is C22H15Cl2FN4OS. The third-order valence-corrected chi connectivity index (χ3v) is 5.97. The summed E-state index contributed by atoms with van der Waals surface area (Å²) in [6.45, 7) is 0.152. The molecule has 0 bridgehead atoms. The third kappa shape index (κ3) is 5.02. The van der Waals surface area contributed by atoms with Crippen LogP contribution in [0.3, 0.4) is 0 Å². The maximum atomic E-state index is 14.2. The van der Waals surface area contributed by atoms with Crippen molar-refractivity contribution in [2.45, 2.75) is 6.54 Å². The van der Waals surface area contributed by atoms with Crippen LogP contribution in [0.4, 0.5) is 4.39 Å². The van der Waals surface area contributed by atoms with E-state index in [9.17, 15) is 9.18 Å². The SMILES string of the molecule is O=C(N/N=C/c1cn(Cc2c(F)cccc2Cl)nc1-c1ccccc1)c1ccc(Cl)s1. The molecule has 0 aliphatic heterocycles. The van der Waals surface area contributed by atoms with Crippen LogP contribution >= 0.6 is 34.5 Å². The summed E-state index contributed by atoms with van der Waals surface area (Å²) in [5, 5.41) is 8.97. The Bertz CT molecular complexity index is 1230. The van der Waals surface area contributed by atoms with Gasteiger partial charge in [0.2, 0.25) is 0 Å². The molecule has 0 spiro atoms. The van der Waals surface area contributed by atoms with Gasteiger partial charge in [0.05, 0.1) is 22.0 Å². The average molecular weight is 473 g/mol. The second kappa shape index (κ2) is 9.43. The molecule has 31 heavy (non-hydrogen) atoms. The van der Waals surface area contributed by atoms with Crippen LogP contribution in [0.2, 0.25) is 9.36 Å². The second-order valence-corrected chi connectivity index (χ2v) is 8.62. The molecule has 0 radical (unpaired) electrons. The lowest BCUT2D eigenvalue weighted by Gasteiger charge is -2.05. The Kier molecular flexibility index (Phi) is 6.46. The van der Waals surface area contributed by atoms with Gasteiger partial charge in [-0.25, -0.2) is 9.82 Å². The van der Waals surface area contributed by atoms with Crippen LogP contribution < -0.4 is 5.43 Å². The van der Waals surface area contributed by atoms with Crippen LogP contribution in [0.25, 0.3) is 11.3 Å². The van der Waals surface area contributed by atoms with Crippen molar-refractivity contribution in [3.05, 3.63) is 98.0 Å². The number of nitrogens with zero attached hydrogens (tertiary/aromatic N) is 3. The molecule has 4 aromatic rings. The minimum Gasteiger partial charge on any atom is -0.267 e. The van der Waals surface area contributed by atoms with Crippen molar-refractivity contribution >= 4 is 46.7 Å². The molecule has 2 aromatic heterocycles. The Balaban J connectivity index is 1.62. The van der Waals surface area contributed by atoms with Crippen LogP contribution in [-0.2, 0) is 6.54 Å². The molecular weight excluding hydrogens is 458 g/mol. The number of benzene rings is 2. The summed E-state index contributed by atoms with van der Waals surface area (Å²) in [7, 11) is 0. The molecule has 2 heterocycles. The van der Waals surface area contributed by atoms with Gasteiger partial charge in [-0.3, -0.25) is 9.48 Å². The zero-order valence-electron chi connectivity index (χ0n) is 15.9. The highest BCUT2D eigenvalue weighted by Crippen LogP contribution is 2.24. The van der Waals surface area contributed by atoms with Crippen molar-refractivity contribution in [1.82, 2.24) is 15.2 Å². The standard InChI is InChI=1S/C22H15Cl2FN4OS/c23-17-7-4-8-18(25)16(17)13-29-12-15(21(28-29)14-5-2-1-3-6-14)11-26-27-22(30)19-9-10-20(24)31-19/h1-12H,13H2,(H,27,30)/b26-11+. The number of hydrogen-bond donors (Lipinski definition) is 1. The summed E-state index contributed by atoms with van der Waals surface area (Å²) in [5.41, 5.74) is 4.99. The van der Waals surface area contributed by atoms with Crippen molar-refractivity contribution in [3.63, 3.8) is 0 Å². The molecule has 1 N–H and O–H groups in total. The highest BCUT2D eigenvalue weighted by Gasteiger charge is 2.14. The van der Waals surface area contributed by atoms with Crippen LogP contribution in [0.1, 0.15) is 20.8 Å². The first-order valence-electron chi connectivity index (χ1n) is 9.16. The Morgan fingerprint density at radius 2 is 1.94 bits per heavy atom. The van der Waals surface area contributed by atoms with Crippen LogP contribution in [0, 0.1) is 5.82 Å². The van der Waals surface area contributed by atoms with Crippen molar-refractivity contribution < 1.29 is 9.18 Å². The molecule has 0 saturated carbocycles. The van der Waals surface area contributed by atoms with E-state index in [1.165, 1.54) is 23.6 Å². The Hall–Kier alpha value is -3.00. The molecule has 9 heteroatoms. The molecule has 0 unspecified atom stereocenters. The van der Waals surface area contributed by atoms with E-state index in [1.807, 2.05) is 30.3 Å². The second-order valence-electron chi connectivity index (χ2n) is 6.50. The minimum absolute atomic E-state index is 0.152. The number of nitrogens with one attached hydrogen (secondary N) is 1. The average Bonchev–Trinajstić information content (AvgIpc) is 3.38. The van der Waals surface area contributed by atoms with Crippen molar-refractivity contribution in [1.29, 1.82) is 0 Å². The third-order valence-electron chi connectivity index (χ3n) is 4.39. The van der Waals surface area contributed by atoms with E-state index in [0.717, 1.165) is 5.56 Å². The number of thiophene rings is 1. The molecule has 0 atom stereocenters. The molecule has 1 amide bonds. The van der Waals surface area contributed by atoms with Crippen molar-refractivity contribution in [3.8, 4) is 11.3 Å². The highest BCUT2D eigenvalue weighted by molar-refractivity contribution is 7.17. The maximum absolute atomic E-state index is 14.2. The smallest absolute Gasteiger partial charge is 0.267 e. The predicted octanol–water partition coefficient (Wildman–Crippen LogP) is 5.87. The molecule has 2 aromatic carbocycles. The van der Waals surface area contributed by atoms with Crippen LogP contribution in [0.15, 0.2) is 72.0 Å². The summed E-state index contributed by atoms with van der Waals surface area (Å²) in [6, 6.07) is 17.3. The van der Waals surface area contributed by atoms with Gasteiger partial charge in [0.15, 0.2) is 0 Å². The van der Waals surface area contributed by atoms with E-state index in [2.05, 4.69) is 15.6 Å². The van der Waals surface area contributed by atoms with E-state index in [1.54, 1.807) is 35.1 Å². The largest absolute Gasteiger partial charge is 0.281 e. The summed E-state index contributed by atoms with van der Waals surface area (Å²) < 4.78 is 16.3. The van der Waals surface area contributed by atoms with Gasteiger partial charge in [-0.1, -0.05) is 59.6 Å². The fourth-order valence-corrected chi connectivity index (χ4v) is 4.09. The molecule has 0 aliphatic carbocycles. The van der Waals surface area contributed by atoms with E-state index < -0.39 is 5.82 Å². The zero-order valence-corrected chi connectivity index (χ0v) is 18.3. The topological polar surface area (TPSA) is 59.3 Å². The Labute approximate surface area is 191 Å². The number of hydrogen-bond acceptors (Lipinski definition) is 4. The van der Waals surface area contributed by atoms with Crippen LogP contribution in [-0.4, -0.2) is 21.9 Å². The Morgan fingerprint density at radius 3 is 2.65 bits per heavy atom. The number of hydrazone groups is 1. The van der Waals surface area contributed by atoms with Gasteiger partial charge in [0.1, 0.15) is 11.5 Å². The number of halogens is 3. The quantitative estimate of drug-likeness (QED) is 0.281. The van der Waals surface area contributed by atoms with Crippen molar-refractivity contribution in [2.24, 2.45) is 5.10 Å². The number of amides is 1. The minimum atomic E-state index is -0.402. The predicted molar refractivity (Wildman–Crippen MR) is 123 cm³/mol. The monoisotopic (exact) mass is 472 g/mol. The molecule has 0 fully saturated rings. The maximum Gasteiger partial charge on any atom is 0.281 e. The van der Waals surface area contributed by atoms with Crippen molar-refractivity contribution in [2.75, 3.05) is 0 Å². The number of carbonyl (C=O) groups is 1. The van der Waals surface area contributed by atoms with E-state index in [0.29, 0.717) is 31.1 Å². The summed E-state index contributed by atoms with van der Waals surface area (Å²) in [4.78, 5) is 12.6. The summed E-state index contributed by atoms with van der Waals surface area (Å²) in [5.74, 6) is -0.763. The fraction of sp³-hybridized carbons (Fsp3) is 0.0455. The number of rotatable bonds is 6. The van der Waals surface area contributed by atoms with Gasteiger partial charge in [-0.05, 0) is 24.3 Å². The lowest BCUT2D eigenvalue weighted by atomic mass is 10.1. The van der Waals surface area contributed by atoms with E-state index in [4.69, 9.17) is 23.2 Å². The Morgan fingerprint density at radius 1 is 1.13 bits per heavy atom. The van der Waals surface area contributed by atoms with Gasteiger partial charge in [0, 0.05) is 27.9 Å². The van der Waals surface area contributed by atoms with Crippen LogP contribution in [0.5, 0.6) is 0 Å². The first kappa shape index (κ1) is 21.2.